The maximum atomic E-state index is 12.0. The van der Waals surface area contributed by atoms with Gasteiger partial charge in [-0.05, 0) is 32.2 Å². The van der Waals surface area contributed by atoms with Gasteiger partial charge in [-0.1, -0.05) is 6.92 Å². The van der Waals surface area contributed by atoms with Gasteiger partial charge in [-0.3, -0.25) is 9.48 Å². The second-order valence-corrected chi connectivity index (χ2v) is 4.85. The summed E-state index contributed by atoms with van der Waals surface area (Å²) in [5.74, 6) is -0.00190. The van der Waals surface area contributed by atoms with Gasteiger partial charge >= 0.3 is 0 Å². The van der Waals surface area contributed by atoms with E-state index in [1.807, 2.05) is 14.0 Å². The number of nitrogens with zero attached hydrogens (tertiary/aromatic N) is 2. The van der Waals surface area contributed by atoms with Crippen LogP contribution in [0.5, 0.6) is 0 Å². The van der Waals surface area contributed by atoms with Crippen LogP contribution in [-0.4, -0.2) is 34.8 Å². The molecule has 5 nitrogen and oxygen atoms in total. The van der Waals surface area contributed by atoms with E-state index >= 15 is 0 Å². The minimum atomic E-state index is -0.00190. The molecule has 1 atom stereocenters. The number of hydrogen-bond acceptors (Lipinski definition) is 3. The van der Waals surface area contributed by atoms with Gasteiger partial charge in [-0.2, -0.15) is 5.10 Å². The summed E-state index contributed by atoms with van der Waals surface area (Å²) in [6.45, 7) is 3.86. The largest absolute Gasteiger partial charge is 0.352 e. The number of hydrogen-bond donors (Lipinski definition) is 2. The number of aryl methyl sites for hydroxylation is 2. The van der Waals surface area contributed by atoms with Crippen molar-refractivity contribution >= 4 is 5.91 Å². The molecular weight excluding hydrogens is 228 g/mol. The third-order valence-corrected chi connectivity index (χ3v) is 3.43. The number of carbonyl (C=O) groups excluding carboxylic acids is 1. The fourth-order valence-corrected chi connectivity index (χ4v) is 2.44. The lowest BCUT2D eigenvalue weighted by Crippen LogP contribution is -2.30. The molecule has 1 saturated heterocycles. The Labute approximate surface area is 108 Å². The van der Waals surface area contributed by atoms with Crippen molar-refractivity contribution in [3.63, 3.8) is 0 Å². The van der Waals surface area contributed by atoms with Crippen LogP contribution in [0.1, 0.15) is 42.2 Å². The van der Waals surface area contributed by atoms with Crippen LogP contribution >= 0.6 is 0 Å². The molecule has 0 aliphatic carbocycles. The van der Waals surface area contributed by atoms with E-state index in [-0.39, 0.29) is 5.91 Å². The molecule has 2 heterocycles. The predicted molar refractivity (Wildman–Crippen MR) is 70.6 cm³/mol. The molecule has 0 unspecified atom stereocenters. The summed E-state index contributed by atoms with van der Waals surface area (Å²) in [7, 11) is 1.85. The molecule has 0 aromatic carbocycles. The van der Waals surface area contributed by atoms with E-state index in [1.54, 1.807) is 10.9 Å². The van der Waals surface area contributed by atoms with Gasteiger partial charge in [-0.15, -0.1) is 0 Å². The smallest absolute Gasteiger partial charge is 0.254 e. The zero-order valence-corrected chi connectivity index (χ0v) is 11.2. The van der Waals surface area contributed by atoms with Crippen LogP contribution in [0.3, 0.4) is 0 Å². The van der Waals surface area contributed by atoms with Crippen LogP contribution in [0.15, 0.2) is 6.20 Å². The number of carbonyl (C=O) groups is 1. The first-order valence-corrected chi connectivity index (χ1v) is 6.74. The van der Waals surface area contributed by atoms with Crippen LogP contribution in [0, 0.1) is 0 Å². The maximum absolute atomic E-state index is 12.0. The minimum absolute atomic E-state index is 0.00190. The number of aromatic nitrogens is 2. The summed E-state index contributed by atoms with van der Waals surface area (Å²) in [5, 5.41) is 10.7. The molecule has 0 spiro atoms. The topological polar surface area (TPSA) is 59.0 Å². The Morgan fingerprint density at radius 3 is 3.17 bits per heavy atom. The van der Waals surface area contributed by atoms with Crippen molar-refractivity contribution in [3.8, 4) is 0 Å². The van der Waals surface area contributed by atoms with Crippen molar-refractivity contribution in [2.24, 2.45) is 7.05 Å². The average Bonchev–Trinajstić information content (AvgIpc) is 2.98. The number of amides is 1. The molecule has 18 heavy (non-hydrogen) atoms. The zero-order chi connectivity index (χ0) is 13.0. The highest BCUT2D eigenvalue weighted by molar-refractivity contribution is 5.95. The Morgan fingerprint density at radius 1 is 1.67 bits per heavy atom. The standard InChI is InChI=1S/C13H22N4O/c1-3-12-11(9-17(2)16-12)13(18)15-8-6-10-5-4-7-14-10/h9-10,14H,3-8H2,1-2H3,(H,15,18)/t10-/m1/s1. The van der Waals surface area contributed by atoms with E-state index in [0.717, 1.165) is 31.6 Å². The van der Waals surface area contributed by atoms with Crippen LogP contribution < -0.4 is 10.6 Å². The first-order chi connectivity index (χ1) is 8.70. The normalized spacial score (nSPS) is 19.1. The van der Waals surface area contributed by atoms with Crippen molar-refractivity contribution in [2.45, 2.75) is 38.6 Å². The second kappa shape index (κ2) is 6.00. The lowest BCUT2D eigenvalue weighted by molar-refractivity contribution is 0.0951. The van der Waals surface area contributed by atoms with Gasteiger partial charge in [0.15, 0.2) is 0 Å². The van der Waals surface area contributed by atoms with Crippen molar-refractivity contribution in [3.05, 3.63) is 17.5 Å². The summed E-state index contributed by atoms with van der Waals surface area (Å²) >= 11 is 0. The number of nitrogens with one attached hydrogen (secondary N) is 2. The maximum Gasteiger partial charge on any atom is 0.254 e. The van der Waals surface area contributed by atoms with Crippen molar-refractivity contribution < 1.29 is 4.79 Å². The van der Waals surface area contributed by atoms with Gasteiger partial charge in [0.25, 0.3) is 5.91 Å². The highest BCUT2D eigenvalue weighted by Crippen LogP contribution is 2.09. The molecule has 0 bridgehead atoms. The van der Waals surface area contributed by atoms with E-state index in [1.165, 1.54) is 12.8 Å². The van der Waals surface area contributed by atoms with E-state index in [9.17, 15) is 4.79 Å². The first kappa shape index (κ1) is 13.1. The highest BCUT2D eigenvalue weighted by Gasteiger charge is 2.16. The first-order valence-electron chi connectivity index (χ1n) is 6.74. The quantitative estimate of drug-likeness (QED) is 0.814. The molecule has 1 aromatic rings. The average molecular weight is 250 g/mol. The predicted octanol–water partition coefficient (Wildman–Crippen LogP) is 0.854. The Balaban J connectivity index is 1.83. The Hall–Kier alpha value is -1.36. The van der Waals surface area contributed by atoms with E-state index in [0.29, 0.717) is 11.6 Å². The van der Waals surface area contributed by atoms with Gasteiger partial charge in [0, 0.05) is 25.8 Å². The molecule has 2 rings (SSSR count). The van der Waals surface area contributed by atoms with Crippen LogP contribution in [-0.2, 0) is 13.5 Å². The van der Waals surface area contributed by atoms with Gasteiger partial charge in [0.05, 0.1) is 11.3 Å². The summed E-state index contributed by atoms with van der Waals surface area (Å²) in [6, 6.07) is 0.574. The van der Waals surface area contributed by atoms with E-state index in [4.69, 9.17) is 0 Å². The summed E-state index contributed by atoms with van der Waals surface area (Å²) in [6.07, 6.45) is 6.06. The van der Waals surface area contributed by atoms with Crippen LogP contribution in [0.4, 0.5) is 0 Å². The molecule has 5 heteroatoms. The lowest BCUT2D eigenvalue weighted by atomic mass is 10.1. The molecule has 100 valence electrons. The number of rotatable bonds is 5. The Morgan fingerprint density at radius 2 is 2.50 bits per heavy atom. The van der Waals surface area contributed by atoms with Gasteiger partial charge in [0.1, 0.15) is 0 Å². The molecule has 1 amide bonds. The van der Waals surface area contributed by atoms with E-state index in [2.05, 4.69) is 15.7 Å². The Bertz CT molecular complexity index is 407. The molecule has 1 aliphatic heterocycles. The third kappa shape index (κ3) is 3.10. The summed E-state index contributed by atoms with van der Waals surface area (Å²) in [4.78, 5) is 12.0. The highest BCUT2D eigenvalue weighted by atomic mass is 16.1. The van der Waals surface area contributed by atoms with Crippen molar-refractivity contribution in [1.82, 2.24) is 20.4 Å². The molecule has 1 aliphatic rings. The van der Waals surface area contributed by atoms with Gasteiger partial charge < -0.3 is 10.6 Å². The summed E-state index contributed by atoms with van der Waals surface area (Å²) in [5.41, 5.74) is 1.58. The lowest BCUT2D eigenvalue weighted by Gasteiger charge is -2.10. The van der Waals surface area contributed by atoms with Gasteiger partial charge in [-0.25, -0.2) is 0 Å². The fourth-order valence-electron chi connectivity index (χ4n) is 2.44. The molecule has 1 fully saturated rings. The monoisotopic (exact) mass is 250 g/mol. The summed E-state index contributed by atoms with van der Waals surface area (Å²) < 4.78 is 1.70. The second-order valence-electron chi connectivity index (χ2n) is 4.85. The van der Waals surface area contributed by atoms with Gasteiger partial charge in [0.2, 0.25) is 0 Å². The van der Waals surface area contributed by atoms with Crippen LogP contribution in [0.25, 0.3) is 0 Å². The van der Waals surface area contributed by atoms with Crippen molar-refractivity contribution in [2.75, 3.05) is 13.1 Å². The molecule has 2 N–H and O–H groups in total. The minimum Gasteiger partial charge on any atom is -0.352 e. The molecule has 0 radical (unpaired) electrons. The fraction of sp³-hybridized carbons (Fsp3) is 0.692. The Kier molecular flexibility index (Phi) is 4.36. The molecule has 0 saturated carbocycles. The van der Waals surface area contributed by atoms with E-state index < -0.39 is 0 Å². The van der Waals surface area contributed by atoms with Crippen molar-refractivity contribution in [1.29, 1.82) is 0 Å². The molecule has 1 aromatic heterocycles. The SMILES string of the molecule is CCc1nn(C)cc1C(=O)NCC[C@H]1CCCN1. The zero-order valence-electron chi connectivity index (χ0n) is 11.2. The van der Waals surface area contributed by atoms with Crippen LogP contribution in [0.2, 0.25) is 0 Å². The third-order valence-electron chi connectivity index (χ3n) is 3.43. The molecular formula is C13H22N4O.